The Morgan fingerprint density at radius 3 is 0.951 bits per heavy atom. The molecule has 5 saturated heterocycles. The molecule has 9 N–H and O–H groups in total. The summed E-state index contributed by atoms with van der Waals surface area (Å²) >= 11 is 0. The molecule has 81 heavy (non-hydrogen) atoms. The molecule has 0 radical (unpaired) electrons. The first-order chi connectivity index (χ1) is 39.5. The Bertz CT molecular complexity index is 1630. The summed E-state index contributed by atoms with van der Waals surface area (Å²) in [5.41, 5.74) is 0. The van der Waals surface area contributed by atoms with Crippen molar-refractivity contribution in [2.45, 2.75) is 137 Å². The maximum Gasteiger partial charge on any atom is 0.187 e. The van der Waals surface area contributed by atoms with Crippen molar-refractivity contribution in [3.05, 3.63) is 0 Å². The van der Waals surface area contributed by atoms with Crippen LogP contribution in [0.3, 0.4) is 0 Å². The highest BCUT2D eigenvalue weighted by Gasteiger charge is 2.58. The van der Waals surface area contributed by atoms with Crippen LogP contribution in [0.25, 0.3) is 0 Å². The lowest BCUT2D eigenvalue weighted by Crippen LogP contribution is -2.67. The highest BCUT2D eigenvalue weighted by molar-refractivity contribution is 5.00. The third-order valence-corrected chi connectivity index (χ3v) is 16.2. The maximum absolute atomic E-state index is 11.2. The molecule has 25 atom stereocenters. The Morgan fingerprint density at radius 1 is 0.309 bits per heavy atom. The van der Waals surface area contributed by atoms with Gasteiger partial charge in [0.15, 0.2) is 31.5 Å². The van der Waals surface area contributed by atoms with Crippen molar-refractivity contribution in [3.63, 3.8) is 0 Å². The molecule has 0 bridgehead atoms. The normalized spacial score (nSPS) is 40.5. The molecule has 0 spiro atoms. The summed E-state index contributed by atoms with van der Waals surface area (Å²) in [5, 5.41) is 96.1. The van der Waals surface area contributed by atoms with Gasteiger partial charge in [0, 0.05) is 137 Å². The van der Waals surface area contributed by atoms with Gasteiger partial charge in [-0.2, -0.15) is 0 Å². The molecule has 5 fully saturated rings. The second-order valence-electron chi connectivity index (χ2n) is 20.8. The van der Waals surface area contributed by atoms with Crippen LogP contribution in [0, 0.1) is 41.4 Å². The third-order valence-electron chi connectivity index (χ3n) is 16.2. The van der Waals surface area contributed by atoms with Crippen LogP contribution < -0.4 is 0 Å². The van der Waals surface area contributed by atoms with Crippen molar-refractivity contribution < 1.29 is 136 Å². The van der Waals surface area contributed by atoms with Crippen molar-refractivity contribution in [2.75, 3.05) is 162 Å². The molecule has 5 rings (SSSR count). The Balaban J connectivity index is 1.50. The minimum Gasteiger partial charge on any atom is -0.396 e. The zero-order chi connectivity index (χ0) is 59.0. The zero-order valence-electron chi connectivity index (χ0n) is 48.4. The summed E-state index contributed by atoms with van der Waals surface area (Å²) in [7, 11) is 9.95. The molecule has 28 nitrogen and oxygen atoms in total. The van der Waals surface area contributed by atoms with E-state index in [1.165, 1.54) is 49.8 Å². The number of ether oxygens (including phenoxy) is 19. The van der Waals surface area contributed by atoms with Gasteiger partial charge >= 0.3 is 0 Å². The van der Waals surface area contributed by atoms with Gasteiger partial charge in [-0.15, -0.1) is 0 Å². The lowest BCUT2D eigenvalue weighted by atomic mass is 9.80. The van der Waals surface area contributed by atoms with E-state index in [9.17, 15) is 46.0 Å². The Morgan fingerprint density at radius 2 is 0.617 bits per heavy atom. The number of methoxy groups -OCH3 is 7. The summed E-state index contributed by atoms with van der Waals surface area (Å²) in [6, 6.07) is 0. The third kappa shape index (κ3) is 17.8. The van der Waals surface area contributed by atoms with Crippen LogP contribution >= 0.6 is 0 Å². The van der Waals surface area contributed by atoms with Crippen LogP contribution in [-0.4, -0.2) is 319 Å². The first kappa shape index (κ1) is 70.6. The van der Waals surface area contributed by atoms with E-state index in [1.54, 1.807) is 0 Å². The fourth-order valence-electron chi connectivity index (χ4n) is 12.1. The molecule has 10 unspecified atom stereocenters. The van der Waals surface area contributed by atoms with Crippen molar-refractivity contribution in [2.24, 2.45) is 41.4 Å². The van der Waals surface area contributed by atoms with Crippen molar-refractivity contribution in [1.82, 2.24) is 0 Å². The molecule has 0 aromatic carbocycles. The van der Waals surface area contributed by atoms with Gasteiger partial charge in [0.25, 0.3) is 0 Å². The number of hydrogen-bond acceptors (Lipinski definition) is 28. The Hall–Kier alpha value is -1.12. The molecule has 0 saturated carbocycles. The average Bonchev–Trinajstić information content (AvgIpc) is 3.47. The van der Waals surface area contributed by atoms with E-state index in [4.69, 9.17) is 90.0 Å². The Labute approximate surface area is 475 Å². The summed E-state index contributed by atoms with van der Waals surface area (Å²) < 4.78 is 119. The van der Waals surface area contributed by atoms with E-state index >= 15 is 0 Å². The number of aliphatic hydroxyl groups excluding tert-OH is 9. The van der Waals surface area contributed by atoms with Crippen molar-refractivity contribution in [1.29, 1.82) is 0 Å². The van der Waals surface area contributed by atoms with Crippen LogP contribution in [0.2, 0.25) is 0 Å². The van der Waals surface area contributed by atoms with Gasteiger partial charge in [0.2, 0.25) is 0 Å². The fraction of sp³-hybridized carbons (Fsp3) is 1.00. The Kier molecular flexibility index (Phi) is 32.7. The topological polar surface area (TPSA) is 357 Å². The largest absolute Gasteiger partial charge is 0.396 e. The molecule has 0 amide bonds. The van der Waals surface area contributed by atoms with Crippen molar-refractivity contribution >= 4 is 0 Å². The number of rotatable bonds is 38. The second-order valence-corrected chi connectivity index (χ2v) is 20.8. The molecule has 5 aliphatic heterocycles. The van der Waals surface area contributed by atoms with E-state index in [0.717, 1.165) is 6.42 Å². The van der Waals surface area contributed by atoms with Crippen LogP contribution in [-0.2, 0) is 90.0 Å². The minimum absolute atomic E-state index is 0.0275. The molecule has 28 heteroatoms. The van der Waals surface area contributed by atoms with Gasteiger partial charge in [-0.05, 0) is 19.3 Å². The van der Waals surface area contributed by atoms with Crippen LogP contribution in [0.15, 0.2) is 0 Å². The predicted molar refractivity (Wildman–Crippen MR) is 277 cm³/mol. The first-order valence-electron chi connectivity index (χ1n) is 28.2. The van der Waals surface area contributed by atoms with Gasteiger partial charge < -0.3 is 136 Å². The molecular weight excluding hydrogens is 1080 g/mol. The summed E-state index contributed by atoms with van der Waals surface area (Å²) in [4.78, 5) is 0. The van der Waals surface area contributed by atoms with Gasteiger partial charge in [0.05, 0.1) is 115 Å². The number of aliphatic hydroxyl groups is 9. The van der Waals surface area contributed by atoms with Crippen LogP contribution in [0.4, 0.5) is 0 Å². The van der Waals surface area contributed by atoms with Gasteiger partial charge in [-0.1, -0.05) is 6.92 Å². The predicted octanol–water partition coefficient (Wildman–Crippen LogP) is -3.37. The van der Waals surface area contributed by atoms with E-state index in [1.807, 2.05) is 6.92 Å². The molecule has 0 aliphatic carbocycles. The van der Waals surface area contributed by atoms with E-state index in [2.05, 4.69) is 0 Å². The van der Waals surface area contributed by atoms with Crippen molar-refractivity contribution in [3.8, 4) is 0 Å². The highest BCUT2D eigenvalue weighted by atomic mass is 16.8. The number of hydrogen-bond donors (Lipinski definition) is 9. The average molecular weight is 1180 g/mol. The molecule has 0 aromatic rings. The molecular formula is C53H98O28. The molecule has 478 valence electrons. The zero-order valence-corrected chi connectivity index (χ0v) is 48.4. The van der Waals surface area contributed by atoms with Gasteiger partial charge in [-0.3, -0.25) is 0 Å². The summed E-state index contributed by atoms with van der Waals surface area (Å²) in [6.07, 6.45) is -18.9. The first-order valence-corrected chi connectivity index (χ1v) is 28.2. The second kappa shape index (κ2) is 37.5. The monoisotopic (exact) mass is 1180 g/mol. The lowest BCUT2D eigenvalue weighted by molar-refractivity contribution is -0.394. The quantitative estimate of drug-likeness (QED) is 0.0273. The summed E-state index contributed by atoms with van der Waals surface area (Å²) in [6.45, 7) is -0.551. The maximum atomic E-state index is 11.2. The van der Waals surface area contributed by atoms with Gasteiger partial charge in [-0.25, -0.2) is 0 Å². The van der Waals surface area contributed by atoms with E-state index < -0.39 is 192 Å². The molecule has 5 heterocycles. The van der Waals surface area contributed by atoms with E-state index in [0.29, 0.717) is 19.8 Å². The highest BCUT2D eigenvalue weighted by Crippen LogP contribution is 2.43. The van der Waals surface area contributed by atoms with Crippen LogP contribution in [0.5, 0.6) is 0 Å². The standard InChI is InChI=1S/C53H98O28/c1-9-14-70-15-16-71-17-18-72-49-45(32(22-59)30(20-57)36(73-49)10-12-54)81-53-48(69-8)43(35(25-62)40(77-53)28-65-4)80-52-47(68-7)42(34(24-61)39(76-52)27-64-3)79-51-46(67-6)41(33(23-60)38(75-51)26-63-2)78-50-44(66-5)31(21-58)29(19-56)37(74-50)11-13-55/h29-62H,9-28H2,1-8H3/t29-,30-,31-,32-,33+,34+,35+,36?,37?,38?,39?,40?,41-,42-,43-,44?,45?,46?,47?,48?,49-,50+,51+,52+,53+/m0/s1. The molecule has 5 aliphatic rings. The van der Waals surface area contributed by atoms with Gasteiger partial charge in [0.1, 0.15) is 30.5 Å². The minimum atomic E-state index is -1.40. The van der Waals surface area contributed by atoms with Crippen LogP contribution in [0.1, 0.15) is 26.2 Å². The fourth-order valence-corrected chi connectivity index (χ4v) is 12.1. The smallest absolute Gasteiger partial charge is 0.187 e. The molecule has 0 aromatic heterocycles. The SMILES string of the molecule is CCCOCCOCCO[C@H]1OC(CCO)[C@@H](CO)[C@H](CO)C1O[C@H]1OC(COC)[C@@H](CO)[C@H](O[C@H]2OC(COC)[C@@H](CO)[C@H](O[C@H]3OC(COC)[C@@H](CO)[C@H](O[C@H]4OC(CCO)[C@@H](CO)[C@H](CO)C4OC)C3OC)C2OC)C1OC. The summed E-state index contributed by atoms with van der Waals surface area (Å²) in [5.74, 6) is -5.51. The van der Waals surface area contributed by atoms with E-state index in [-0.39, 0.29) is 65.7 Å². The lowest BCUT2D eigenvalue weighted by Gasteiger charge is -2.53.